The average molecular weight is 344 g/mol. The van der Waals surface area contributed by atoms with E-state index in [0.29, 0.717) is 42.6 Å². The van der Waals surface area contributed by atoms with Crippen LogP contribution in [0.15, 0.2) is 27.4 Å². The molecule has 132 valence electrons. The number of hydrogen-bond acceptors (Lipinski definition) is 5. The summed E-state index contributed by atoms with van der Waals surface area (Å²) in [4.78, 5) is 38.2. The lowest BCUT2D eigenvalue weighted by Crippen LogP contribution is -2.41. The van der Waals surface area contributed by atoms with Crippen molar-refractivity contribution < 1.29 is 18.7 Å². The van der Waals surface area contributed by atoms with Gasteiger partial charge in [0.25, 0.3) is 0 Å². The molecule has 2 fully saturated rings. The molecular formula is C18H20N2O5. The minimum Gasteiger partial charge on any atom is -0.465 e. The largest absolute Gasteiger partial charge is 0.465 e. The molecule has 25 heavy (non-hydrogen) atoms. The maximum Gasteiger partial charge on any atom is 0.420 e. The van der Waals surface area contributed by atoms with Crippen LogP contribution < -0.4 is 5.76 Å². The molecule has 0 N–H and O–H groups in total. The van der Waals surface area contributed by atoms with Crippen LogP contribution in [0.2, 0.25) is 0 Å². The predicted molar refractivity (Wildman–Crippen MR) is 89.4 cm³/mol. The second-order valence-corrected chi connectivity index (χ2v) is 6.74. The fourth-order valence-electron chi connectivity index (χ4n) is 3.56. The molecule has 2 heterocycles. The van der Waals surface area contributed by atoms with Crippen LogP contribution in [0.3, 0.4) is 0 Å². The number of amides is 1. The number of rotatable bonds is 3. The van der Waals surface area contributed by atoms with Crippen molar-refractivity contribution in [2.45, 2.75) is 31.7 Å². The zero-order valence-electron chi connectivity index (χ0n) is 14.1. The van der Waals surface area contributed by atoms with Crippen LogP contribution in [0.1, 0.15) is 42.1 Å². The van der Waals surface area contributed by atoms with E-state index in [4.69, 9.17) is 9.15 Å². The van der Waals surface area contributed by atoms with Crippen LogP contribution in [-0.2, 0) is 9.53 Å². The first-order valence-electron chi connectivity index (χ1n) is 8.60. The van der Waals surface area contributed by atoms with Crippen LogP contribution in [0.5, 0.6) is 0 Å². The predicted octanol–water partition coefficient (Wildman–Crippen LogP) is 1.95. The van der Waals surface area contributed by atoms with Gasteiger partial charge in [0, 0.05) is 25.0 Å². The second kappa shape index (κ2) is 6.06. The molecule has 0 radical (unpaired) electrons. The smallest absolute Gasteiger partial charge is 0.420 e. The molecule has 0 spiro atoms. The number of hydrogen-bond donors (Lipinski definition) is 0. The SMILES string of the molecule is COC(=O)c1ccc2oc(=O)n(C3CCN(C(=O)C4CC4)CC3)c2c1. The molecule has 1 saturated heterocycles. The number of ether oxygens (including phenoxy) is 1. The average Bonchev–Trinajstić information content (AvgIpc) is 3.43. The Labute approximate surface area is 144 Å². The quantitative estimate of drug-likeness (QED) is 0.795. The number of methoxy groups -OCH3 is 1. The maximum atomic E-state index is 12.3. The van der Waals surface area contributed by atoms with Crippen molar-refractivity contribution in [3.05, 3.63) is 34.3 Å². The van der Waals surface area contributed by atoms with Crippen LogP contribution in [0.25, 0.3) is 11.1 Å². The number of benzene rings is 1. The van der Waals surface area contributed by atoms with Crippen molar-refractivity contribution in [1.29, 1.82) is 0 Å². The van der Waals surface area contributed by atoms with Gasteiger partial charge in [-0.25, -0.2) is 9.59 Å². The molecule has 1 saturated carbocycles. The van der Waals surface area contributed by atoms with E-state index in [0.717, 1.165) is 12.8 Å². The van der Waals surface area contributed by atoms with E-state index < -0.39 is 11.7 Å². The van der Waals surface area contributed by atoms with E-state index in [1.807, 2.05) is 4.90 Å². The van der Waals surface area contributed by atoms with E-state index in [1.165, 1.54) is 7.11 Å². The van der Waals surface area contributed by atoms with Gasteiger partial charge < -0.3 is 14.1 Å². The third-order valence-electron chi connectivity index (χ3n) is 5.10. The lowest BCUT2D eigenvalue weighted by atomic mass is 10.0. The highest BCUT2D eigenvalue weighted by molar-refractivity contribution is 5.93. The summed E-state index contributed by atoms with van der Waals surface area (Å²) in [6, 6.07) is 4.79. The van der Waals surface area contributed by atoms with Crippen LogP contribution >= 0.6 is 0 Å². The summed E-state index contributed by atoms with van der Waals surface area (Å²) >= 11 is 0. The van der Waals surface area contributed by atoms with E-state index in [9.17, 15) is 14.4 Å². The van der Waals surface area contributed by atoms with Gasteiger partial charge in [-0.05, 0) is 43.9 Å². The molecule has 1 aliphatic carbocycles. The Kier molecular flexibility index (Phi) is 3.86. The Hall–Kier alpha value is -2.57. The van der Waals surface area contributed by atoms with Crippen LogP contribution in [0, 0.1) is 5.92 Å². The highest BCUT2D eigenvalue weighted by Gasteiger charge is 2.35. The molecule has 0 unspecified atom stereocenters. The Bertz CT molecular complexity index is 884. The Morgan fingerprint density at radius 1 is 1.16 bits per heavy atom. The van der Waals surface area contributed by atoms with Gasteiger partial charge in [-0.15, -0.1) is 0 Å². The van der Waals surface area contributed by atoms with Gasteiger partial charge in [0.15, 0.2) is 5.58 Å². The van der Waals surface area contributed by atoms with Gasteiger partial charge in [-0.2, -0.15) is 0 Å². The number of carbonyl (C=O) groups excluding carboxylic acids is 2. The van der Waals surface area contributed by atoms with Crippen LogP contribution in [-0.4, -0.2) is 41.5 Å². The molecule has 1 amide bonds. The minimum atomic E-state index is -0.452. The first kappa shape index (κ1) is 15.9. The molecule has 0 atom stereocenters. The van der Waals surface area contributed by atoms with Gasteiger partial charge in [0.1, 0.15) is 0 Å². The highest BCUT2D eigenvalue weighted by Crippen LogP contribution is 2.33. The normalized spacial score (nSPS) is 18.5. The number of oxazole rings is 1. The third-order valence-corrected chi connectivity index (χ3v) is 5.10. The first-order valence-corrected chi connectivity index (χ1v) is 8.60. The summed E-state index contributed by atoms with van der Waals surface area (Å²) in [7, 11) is 1.32. The second-order valence-electron chi connectivity index (χ2n) is 6.74. The van der Waals surface area contributed by atoms with Crippen LogP contribution in [0.4, 0.5) is 0 Å². The fourth-order valence-corrected chi connectivity index (χ4v) is 3.56. The van der Waals surface area contributed by atoms with Crippen molar-refractivity contribution in [1.82, 2.24) is 9.47 Å². The lowest BCUT2D eigenvalue weighted by Gasteiger charge is -2.32. The van der Waals surface area contributed by atoms with E-state index >= 15 is 0 Å². The molecular weight excluding hydrogens is 324 g/mol. The summed E-state index contributed by atoms with van der Waals surface area (Å²) in [6.45, 7) is 1.30. The first-order chi connectivity index (χ1) is 12.1. The van der Waals surface area contributed by atoms with Crippen molar-refractivity contribution in [3.63, 3.8) is 0 Å². The minimum absolute atomic E-state index is 0.0371. The third kappa shape index (κ3) is 2.83. The van der Waals surface area contributed by atoms with Crippen molar-refractivity contribution in [2.24, 2.45) is 5.92 Å². The Morgan fingerprint density at radius 2 is 1.88 bits per heavy atom. The zero-order chi connectivity index (χ0) is 17.6. The Balaban J connectivity index is 1.60. The summed E-state index contributed by atoms with van der Waals surface area (Å²) in [5.41, 5.74) is 1.43. The molecule has 7 heteroatoms. The monoisotopic (exact) mass is 344 g/mol. The molecule has 1 aromatic carbocycles. The van der Waals surface area contributed by atoms with E-state index in [2.05, 4.69) is 0 Å². The number of fused-ring (bicyclic) bond motifs is 1. The molecule has 2 aliphatic rings. The standard InChI is InChI=1S/C18H20N2O5/c1-24-17(22)12-4-5-15-14(10-12)20(18(23)25-15)13-6-8-19(9-7-13)16(21)11-2-3-11/h4-5,10-11,13H,2-3,6-9H2,1H3. The summed E-state index contributed by atoms with van der Waals surface area (Å²) < 4.78 is 11.7. The van der Waals surface area contributed by atoms with E-state index in [1.54, 1.807) is 22.8 Å². The topological polar surface area (TPSA) is 81.8 Å². The summed E-state index contributed by atoms with van der Waals surface area (Å²) in [6.07, 6.45) is 3.41. The molecule has 1 aromatic heterocycles. The summed E-state index contributed by atoms with van der Waals surface area (Å²) in [5, 5.41) is 0. The summed E-state index contributed by atoms with van der Waals surface area (Å²) in [5.74, 6) is -0.414. The molecule has 2 aromatic rings. The van der Waals surface area contributed by atoms with Gasteiger partial charge >= 0.3 is 11.7 Å². The molecule has 4 rings (SSSR count). The zero-order valence-corrected chi connectivity index (χ0v) is 14.1. The number of carbonyl (C=O) groups is 2. The van der Waals surface area contributed by atoms with Gasteiger partial charge in [0.2, 0.25) is 5.91 Å². The number of nitrogens with zero attached hydrogens (tertiary/aromatic N) is 2. The number of piperidine rings is 1. The van der Waals surface area contributed by atoms with Crippen molar-refractivity contribution in [2.75, 3.05) is 20.2 Å². The van der Waals surface area contributed by atoms with Gasteiger partial charge in [0.05, 0.1) is 18.2 Å². The lowest BCUT2D eigenvalue weighted by molar-refractivity contribution is -0.133. The highest BCUT2D eigenvalue weighted by atomic mass is 16.5. The Morgan fingerprint density at radius 3 is 2.52 bits per heavy atom. The molecule has 0 bridgehead atoms. The van der Waals surface area contributed by atoms with Gasteiger partial charge in [-0.3, -0.25) is 9.36 Å². The fraction of sp³-hybridized carbons (Fsp3) is 0.500. The number of likely N-dealkylation sites (tertiary alicyclic amines) is 1. The molecule has 7 nitrogen and oxygen atoms in total. The van der Waals surface area contributed by atoms with Crippen molar-refractivity contribution >= 4 is 23.0 Å². The van der Waals surface area contributed by atoms with Gasteiger partial charge in [-0.1, -0.05) is 0 Å². The number of esters is 1. The van der Waals surface area contributed by atoms with Crippen molar-refractivity contribution in [3.8, 4) is 0 Å². The maximum absolute atomic E-state index is 12.3. The number of aromatic nitrogens is 1. The molecule has 1 aliphatic heterocycles. The van der Waals surface area contributed by atoms with E-state index in [-0.39, 0.29) is 17.9 Å².